The first-order valence-electron chi connectivity index (χ1n) is 9.14. The third kappa shape index (κ3) is 5.09. The van der Waals surface area contributed by atoms with E-state index >= 15 is 0 Å². The number of rotatable bonds is 6. The molecule has 3 rings (SSSR count). The van der Waals surface area contributed by atoms with Crippen molar-refractivity contribution in [2.75, 3.05) is 18.9 Å². The molecule has 0 saturated carbocycles. The molecule has 2 aromatic rings. The maximum atomic E-state index is 12.4. The minimum absolute atomic E-state index is 0.0313. The second kappa shape index (κ2) is 8.87. The van der Waals surface area contributed by atoms with Crippen LogP contribution in [-0.2, 0) is 14.8 Å². The van der Waals surface area contributed by atoms with Crippen LogP contribution in [0.1, 0.15) is 18.4 Å². The molecule has 30 heavy (non-hydrogen) atoms. The van der Waals surface area contributed by atoms with Gasteiger partial charge in [-0.2, -0.15) is 8.42 Å². The number of likely N-dealkylation sites (tertiary alicyclic amines) is 1. The van der Waals surface area contributed by atoms with E-state index in [0.29, 0.717) is 23.5 Å². The van der Waals surface area contributed by atoms with Crippen LogP contribution in [0.3, 0.4) is 0 Å². The van der Waals surface area contributed by atoms with Crippen LogP contribution in [0.15, 0.2) is 63.9 Å². The molecule has 1 amide bonds. The molecule has 0 spiro atoms. The van der Waals surface area contributed by atoms with E-state index in [1.807, 2.05) is 4.90 Å². The Hall–Kier alpha value is -3.53. The van der Waals surface area contributed by atoms with Gasteiger partial charge in [-0.05, 0) is 42.8 Å². The summed E-state index contributed by atoms with van der Waals surface area (Å²) >= 11 is 0. The van der Waals surface area contributed by atoms with Crippen molar-refractivity contribution in [2.45, 2.75) is 17.7 Å². The van der Waals surface area contributed by atoms with Gasteiger partial charge >= 0.3 is 0 Å². The second-order valence-corrected chi connectivity index (χ2v) is 8.27. The average molecular weight is 428 g/mol. The Kier molecular flexibility index (Phi) is 6.26. The summed E-state index contributed by atoms with van der Waals surface area (Å²) in [6.45, 7) is 0.777. The Labute approximate surface area is 173 Å². The van der Waals surface area contributed by atoms with Crippen molar-refractivity contribution < 1.29 is 18.1 Å². The molecular weight excluding hydrogens is 408 g/mol. The molecule has 156 valence electrons. The van der Waals surface area contributed by atoms with Gasteiger partial charge in [0.05, 0.1) is 15.4 Å². The van der Waals surface area contributed by atoms with Crippen LogP contribution in [0.2, 0.25) is 0 Å². The van der Waals surface area contributed by atoms with E-state index in [4.69, 9.17) is 0 Å². The molecule has 0 atom stereocenters. The zero-order valence-corrected chi connectivity index (χ0v) is 17.0. The molecule has 1 heterocycles. The van der Waals surface area contributed by atoms with Crippen LogP contribution in [0.5, 0.6) is 0 Å². The number of amidine groups is 1. The number of carbonyl (C=O) groups is 1. The minimum atomic E-state index is -3.83. The van der Waals surface area contributed by atoms with E-state index in [2.05, 4.69) is 9.71 Å². The molecule has 0 radical (unpaired) electrons. The number of nitrogens with one attached hydrogen (secondary N) is 1. The quantitative estimate of drug-likeness (QED) is 0.429. The summed E-state index contributed by atoms with van der Waals surface area (Å²) in [6, 6.07) is 11.7. The highest BCUT2D eigenvalue weighted by Gasteiger charge is 2.20. The summed E-state index contributed by atoms with van der Waals surface area (Å²) in [5, 5.41) is 13.6. The fraction of sp³-hybridized carbons (Fsp3) is 0.200. The van der Waals surface area contributed by atoms with Gasteiger partial charge in [0.25, 0.3) is 15.7 Å². The predicted molar refractivity (Wildman–Crippen MR) is 114 cm³/mol. The van der Waals surface area contributed by atoms with Gasteiger partial charge in [-0.25, -0.2) is 0 Å². The Balaban J connectivity index is 1.69. The van der Waals surface area contributed by atoms with Gasteiger partial charge in [0.15, 0.2) is 0 Å². The van der Waals surface area contributed by atoms with Crippen LogP contribution in [0.4, 0.5) is 11.4 Å². The van der Waals surface area contributed by atoms with E-state index in [1.165, 1.54) is 48.6 Å². The molecule has 1 N–H and O–H groups in total. The summed E-state index contributed by atoms with van der Waals surface area (Å²) in [7, 11) is -2.02. The van der Waals surface area contributed by atoms with Crippen LogP contribution in [0.25, 0.3) is 6.08 Å². The summed E-state index contributed by atoms with van der Waals surface area (Å²) in [5.74, 6) is 0.0316. The smallest absolute Gasteiger partial charge is 0.283 e. The van der Waals surface area contributed by atoms with E-state index in [1.54, 1.807) is 19.2 Å². The number of nitrogens with zero attached hydrogens (tertiary/aromatic N) is 3. The van der Waals surface area contributed by atoms with Crippen molar-refractivity contribution >= 4 is 39.2 Å². The normalized spacial score (nSPS) is 15.6. The molecule has 0 aliphatic carbocycles. The molecule has 1 fully saturated rings. The third-order valence-electron chi connectivity index (χ3n) is 4.53. The molecule has 1 saturated heterocycles. The highest BCUT2D eigenvalue weighted by molar-refractivity contribution is 7.90. The van der Waals surface area contributed by atoms with Crippen molar-refractivity contribution in [3.05, 3.63) is 70.3 Å². The maximum Gasteiger partial charge on any atom is 0.283 e. The number of nitro groups is 1. The molecule has 10 heteroatoms. The zero-order chi connectivity index (χ0) is 21.7. The molecule has 1 aliphatic rings. The van der Waals surface area contributed by atoms with E-state index in [9.17, 15) is 23.3 Å². The predicted octanol–water partition coefficient (Wildman–Crippen LogP) is 3.06. The van der Waals surface area contributed by atoms with Crippen LogP contribution in [0, 0.1) is 10.1 Å². The van der Waals surface area contributed by atoms with Gasteiger partial charge in [-0.3, -0.25) is 14.9 Å². The summed E-state index contributed by atoms with van der Waals surface area (Å²) in [4.78, 5) is 24.4. The number of nitro benzene ring substituents is 1. The summed E-state index contributed by atoms with van der Waals surface area (Å²) in [5.41, 5.74) is 0.581. The SMILES string of the molecule is CN1CCC/C1=N/S(=O)(=O)c1ccc(NC(=O)/C=C/c2ccccc2[N+](=O)[O-])cc1. The highest BCUT2D eigenvalue weighted by atomic mass is 32.2. The molecule has 0 aromatic heterocycles. The van der Waals surface area contributed by atoms with Crippen LogP contribution < -0.4 is 5.32 Å². The summed E-state index contributed by atoms with van der Waals surface area (Å²) < 4.78 is 28.8. The van der Waals surface area contributed by atoms with Crippen LogP contribution in [-0.4, -0.2) is 43.6 Å². The molecule has 0 unspecified atom stereocenters. The lowest BCUT2D eigenvalue weighted by molar-refractivity contribution is -0.385. The maximum absolute atomic E-state index is 12.4. The Morgan fingerprint density at radius 3 is 2.53 bits per heavy atom. The number of hydrogen-bond donors (Lipinski definition) is 1. The topological polar surface area (TPSA) is 122 Å². The number of benzene rings is 2. The number of amides is 1. The Morgan fingerprint density at radius 1 is 1.20 bits per heavy atom. The van der Waals surface area contributed by atoms with Gasteiger partial charge in [0.1, 0.15) is 5.84 Å². The number of hydrogen-bond acceptors (Lipinski definition) is 5. The molecule has 2 aromatic carbocycles. The first-order chi connectivity index (χ1) is 14.3. The van der Waals surface area contributed by atoms with Crippen molar-refractivity contribution in [1.82, 2.24) is 4.90 Å². The van der Waals surface area contributed by atoms with Gasteiger partial charge in [-0.1, -0.05) is 12.1 Å². The van der Waals surface area contributed by atoms with E-state index in [-0.39, 0.29) is 10.6 Å². The third-order valence-corrected chi connectivity index (χ3v) is 5.85. The summed E-state index contributed by atoms with van der Waals surface area (Å²) in [6.07, 6.45) is 4.01. The van der Waals surface area contributed by atoms with Gasteiger partial charge in [-0.15, -0.1) is 4.40 Å². The molecular formula is C20H20N4O5S. The zero-order valence-electron chi connectivity index (χ0n) is 16.2. The van der Waals surface area contributed by atoms with Crippen molar-refractivity contribution in [2.24, 2.45) is 4.40 Å². The lowest BCUT2D eigenvalue weighted by Gasteiger charge is -2.11. The lowest BCUT2D eigenvalue weighted by atomic mass is 10.1. The first kappa shape index (κ1) is 21.2. The Morgan fingerprint density at radius 2 is 1.90 bits per heavy atom. The second-order valence-electron chi connectivity index (χ2n) is 6.67. The number of anilines is 1. The number of carbonyl (C=O) groups excluding carboxylic acids is 1. The van der Waals surface area contributed by atoms with Gasteiger partial charge < -0.3 is 10.2 Å². The minimum Gasteiger partial charge on any atom is -0.362 e. The number of sulfonamides is 1. The largest absolute Gasteiger partial charge is 0.362 e. The van der Waals surface area contributed by atoms with Gasteiger partial charge in [0.2, 0.25) is 5.91 Å². The molecule has 0 bridgehead atoms. The van der Waals surface area contributed by atoms with Crippen molar-refractivity contribution in [1.29, 1.82) is 0 Å². The van der Waals surface area contributed by atoms with E-state index < -0.39 is 20.9 Å². The fourth-order valence-corrected chi connectivity index (χ4v) is 4.05. The Bertz CT molecular complexity index is 1120. The first-order valence-corrected chi connectivity index (χ1v) is 10.6. The number of para-hydroxylation sites is 1. The van der Waals surface area contributed by atoms with Crippen molar-refractivity contribution in [3.8, 4) is 0 Å². The lowest BCUT2D eigenvalue weighted by Crippen LogP contribution is -2.20. The molecule has 9 nitrogen and oxygen atoms in total. The van der Waals surface area contributed by atoms with Crippen molar-refractivity contribution in [3.63, 3.8) is 0 Å². The monoisotopic (exact) mass is 428 g/mol. The fourth-order valence-electron chi connectivity index (χ4n) is 2.96. The standard InChI is InChI=1S/C20H20N4O5S/c1-23-14-4-7-19(23)22-30(28,29)17-11-9-16(10-12-17)21-20(25)13-8-15-5-2-3-6-18(15)24(26)27/h2-3,5-6,8-13H,4,7,14H2,1H3,(H,21,25)/b13-8+,22-19-. The average Bonchev–Trinajstić information content (AvgIpc) is 3.11. The highest BCUT2D eigenvalue weighted by Crippen LogP contribution is 2.20. The van der Waals surface area contributed by atoms with E-state index in [0.717, 1.165) is 13.0 Å². The van der Waals surface area contributed by atoms with Gasteiger partial charge in [0, 0.05) is 37.8 Å². The van der Waals surface area contributed by atoms with Crippen LogP contribution >= 0.6 is 0 Å². The molecule has 1 aliphatic heterocycles.